The van der Waals surface area contributed by atoms with Gasteiger partial charge in [-0.1, -0.05) is 17.7 Å². The van der Waals surface area contributed by atoms with Gasteiger partial charge in [0.05, 0.1) is 0 Å². The van der Waals surface area contributed by atoms with E-state index in [-0.39, 0.29) is 29.3 Å². The number of anilines is 2. The number of aryl methyl sites for hydroxylation is 1. The molecule has 162 valence electrons. The number of halogens is 1. The number of hydrogen-bond acceptors (Lipinski definition) is 4. The van der Waals surface area contributed by atoms with Crippen molar-refractivity contribution in [1.29, 1.82) is 0 Å². The molecule has 6 nitrogen and oxygen atoms in total. The second-order valence-corrected chi connectivity index (χ2v) is 7.57. The molecule has 0 saturated heterocycles. The van der Waals surface area contributed by atoms with Gasteiger partial charge in [-0.2, -0.15) is 0 Å². The minimum atomic E-state index is -0.263. The van der Waals surface area contributed by atoms with Crippen molar-refractivity contribution in [3.05, 3.63) is 59.7 Å². The van der Waals surface area contributed by atoms with Crippen molar-refractivity contribution in [2.24, 2.45) is 0 Å². The highest BCUT2D eigenvalue weighted by molar-refractivity contribution is 7.80. The van der Waals surface area contributed by atoms with E-state index in [2.05, 4.69) is 20.9 Å². The Bertz CT molecular complexity index is 839. The topological polar surface area (TPSA) is 73.5 Å². The summed E-state index contributed by atoms with van der Waals surface area (Å²) in [6.07, 6.45) is 2.36. The van der Waals surface area contributed by atoms with Gasteiger partial charge in [-0.05, 0) is 89.0 Å². The van der Waals surface area contributed by atoms with E-state index in [1.165, 1.54) is 0 Å². The molecule has 0 fully saturated rings. The molecular formula is C22H29ClN4O2S. The first-order valence-electron chi connectivity index (χ1n) is 9.57. The SMILES string of the molecule is Cc1ccc(C(=O)NC(=S)Nc2ccc(NC(=O)CCCCN(C)C)cc2)cc1.Cl. The Morgan fingerprint density at radius 2 is 1.47 bits per heavy atom. The lowest BCUT2D eigenvalue weighted by Crippen LogP contribution is -2.34. The van der Waals surface area contributed by atoms with Crippen LogP contribution in [0.4, 0.5) is 11.4 Å². The van der Waals surface area contributed by atoms with Gasteiger partial charge in [0.1, 0.15) is 0 Å². The van der Waals surface area contributed by atoms with Crippen molar-refractivity contribution >= 4 is 52.9 Å². The molecule has 30 heavy (non-hydrogen) atoms. The minimum absolute atomic E-state index is 0. The maximum absolute atomic E-state index is 12.2. The van der Waals surface area contributed by atoms with E-state index < -0.39 is 0 Å². The van der Waals surface area contributed by atoms with Crippen LogP contribution in [0.2, 0.25) is 0 Å². The summed E-state index contributed by atoms with van der Waals surface area (Å²) in [6, 6.07) is 14.4. The predicted molar refractivity (Wildman–Crippen MR) is 130 cm³/mol. The van der Waals surface area contributed by atoms with Crippen LogP contribution in [-0.2, 0) is 4.79 Å². The quantitative estimate of drug-likeness (QED) is 0.416. The third kappa shape index (κ3) is 9.35. The summed E-state index contributed by atoms with van der Waals surface area (Å²) in [6.45, 7) is 2.94. The van der Waals surface area contributed by atoms with Crippen LogP contribution in [0.5, 0.6) is 0 Å². The number of amides is 2. The van der Waals surface area contributed by atoms with E-state index in [9.17, 15) is 9.59 Å². The molecule has 0 bridgehead atoms. The number of hydrogen-bond donors (Lipinski definition) is 3. The molecule has 2 aromatic rings. The van der Waals surface area contributed by atoms with E-state index >= 15 is 0 Å². The lowest BCUT2D eigenvalue weighted by atomic mass is 10.1. The van der Waals surface area contributed by atoms with Gasteiger partial charge in [-0.25, -0.2) is 0 Å². The Kier molecular flexibility index (Phi) is 11.0. The number of rotatable bonds is 8. The molecule has 2 amide bonds. The fraction of sp³-hybridized carbons (Fsp3) is 0.318. The maximum Gasteiger partial charge on any atom is 0.257 e. The standard InChI is InChI=1S/C22H28N4O2S.ClH/c1-16-7-9-17(10-8-16)21(28)25-22(29)24-19-13-11-18(12-14-19)23-20(27)6-4-5-15-26(2)3;/h7-14H,4-6,15H2,1-3H3,(H,23,27)(H2,24,25,28,29);1H. The summed E-state index contributed by atoms with van der Waals surface area (Å²) >= 11 is 5.20. The van der Waals surface area contributed by atoms with Gasteiger partial charge >= 0.3 is 0 Å². The van der Waals surface area contributed by atoms with E-state index in [0.29, 0.717) is 12.0 Å². The van der Waals surface area contributed by atoms with Gasteiger partial charge in [-0.15, -0.1) is 12.4 Å². The number of carbonyl (C=O) groups excluding carboxylic acids is 2. The van der Waals surface area contributed by atoms with Gasteiger partial charge in [0, 0.05) is 23.4 Å². The van der Waals surface area contributed by atoms with Gasteiger partial charge < -0.3 is 15.5 Å². The molecule has 2 rings (SSSR count). The number of nitrogens with one attached hydrogen (secondary N) is 3. The fourth-order valence-corrected chi connectivity index (χ4v) is 2.83. The van der Waals surface area contributed by atoms with Gasteiger partial charge in [0.15, 0.2) is 5.11 Å². The third-order valence-corrected chi connectivity index (χ3v) is 4.43. The Labute approximate surface area is 189 Å². The van der Waals surface area contributed by atoms with Gasteiger partial charge in [0.2, 0.25) is 5.91 Å². The minimum Gasteiger partial charge on any atom is -0.332 e. The van der Waals surface area contributed by atoms with Crippen LogP contribution < -0.4 is 16.0 Å². The number of benzene rings is 2. The highest BCUT2D eigenvalue weighted by Crippen LogP contribution is 2.14. The molecule has 0 radical (unpaired) electrons. The van der Waals surface area contributed by atoms with Crippen LogP contribution in [0.25, 0.3) is 0 Å². The summed E-state index contributed by atoms with van der Waals surface area (Å²) in [5.74, 6) is -0.258. The predicted octanol–water partition coefficient (Wildman–Crippen LogP) is 4.21. The summed E-state index contributed by atoms with van der Waals surface area (Å²) in [5.41, 5.74) is 3.08. The lowest BCUT2D eigenvalue weighted by molar-refractivity contribution is -0.116. The zero-order valence-corrected chi connectivity index (χ0v) is 19.2. The van der Waals surface area contributed by atoms with Crippen molar-refractivity contribution in [3.63, 3.8) is 0 Å². The number of unbranched alkanes of at least 4 members (excludes halogenated alkanes) is 1. The van der Waals surface area contributed by atoms with Crippen molar-refractivity contribution in [2.45, 2.75) is 26.2 Å². The largest absolute Gasteiger partial charge is 0.332 e. The second kappa shape index (κ2) is 13.0. The normalized spacial score (nSPS) is 10.1. The van der Waals surface area contributed by atoms with Crippen LogP contribution in [-0.4, -0.2) is 42.5 Å². The monoisotopic (exact) mass is 448 g/mol. The highest BCUT2D eigenvalue weighted by atomic mass is 35.5. The van der Waals surface area contributed by atoms with E-state index in [1.54, 1.807) is 36.4 Å². The van der Waals surface area contributed by atoms with Crippen LogP contribution in [0.15, 0.2) is 48.5 Å². The molecule has 8 heteroatoms. The zero-order chi connectivity index (χ0) is 21.2. The Balaban J connectivity index is 0.00000450. The van der Waals surface area contributed by atoms with Crippen LogP contribution in [0, 0.1) is 6.92 Å². The molecular weight excluding hydrogens is 420 g/mol. The van der Waals surface area contributed by atoms with E-state index in [1.807, 2.05) is 33.2 Å². The average molecular weight is 449 g/mol. The lowest BCUT2D eigenvalue weighted by Gasteiger charge is -2.11. The first kappa shape index (κ1) is 25.6. The first-order valence-corrected chi connectivity index (χ1v) is 9.98. The maximum atomic E-state index is 12.2. The van der Waals surface area contributed by atoms with Crippen molar-refractivity contribution < 1.29 is 9.59 Å². The smallest absolute Gasteiger partial charge is 0.257 e. The van der Waals surface area contributed by atoms with Gasteiger partial charge in [0.25, 0.3) is 5.91 Å². The summed E-state index contributed by atoms with van der Waals surface area (Å²) in [5, 5.41) is 8.73. The fourth-order valence-electron chi connectivity index (χ4n) is 2.62. The molecule has 0 aliphatic heterocycles. The summed E-state index contributed by atoms with van der Waals surface area (Å²) in [7, 11) is 4.05. The van der Waals surface area contributed by atoms with E-state index in [4.69, 9.17) is 12.2 Å². The van der Waals surface area contributed by atoms with Gasteiger partial charge in [-0.3, -0.25) is 14.9 Å². The number of thiocarbonyl (C=S) groups is 1. The number of nitrogens with zero attached hydrogens (tertiary/aromatic N) is 1. The van der Waals surface area contributed by atoms with Crippen molar-refractivity contribution in [3.8, 4) is 0 Å². The van der Waals surface area contributed by atoms with Crippen LogP contribution >= 0.6 is 24.6 Å². The van der Waals surface area contributed by atoms with E-state index in [0.717, 1.165) is 36.3 Å². The first-order chi connectivity index (χ1) is 13.8. The molecule has 2 aromatic carbocycles. The van der Waals surface area contributed by atoms with Crippen LogP contribution in [0.1, 0.15) is 35.2 Å². The Hall–Kier alpha value is -2.48. The molecule has 0 aliphatic rings. The van der Waals surface area contributed by atoms with Crippen molar-refractivity contribution in [2.75, 3.05) is 31.3 Å². The molecule has 0 spiro atoms. The molecule has 0 heterocycles. The molecule has 0 aromatic heterocycles. The van der Waals surface area contributed by atoms with Crippen LogP contribution in [0.3, 0.4) is 0 Å². The molecule has 0 aliphatic carbocycles. The molecule has 0 atom stereocenters. The average Bonchev–Trinajstić information content (AvgIpc) is 2.67. The summed E-state index contributed by atoms with van der Waals surface area (Å²) in [4.78, 5) is 26.3. The molecule has 0 saturated carbocycles. The zero-order valence-electron chi connectivity index (χ0n) is 17.5. The Morgan fingerprint density at radius 1 is 0.900 bits per heavy atom. The molecule has 3 N–H and O–H groups in total. The third-order valence-electron chi connectivity index (χ3n) is 4.23. The van der Waals surface area contributed by atoms with Crippen molar-refractivity contribution in [1.82, 2.24) is 10.2 Å². The summed E-state index contributed by atoms with van der Waals surface area (Å²) < 4.78 is 0. The second-order valence-electron chi connectivity index (χ2n) is 7.16. The molecule has 0 unspecified atom stereocenters. The Morgan fingerprint density at radius 3 is 2.03 bits per heavy atom. The highest BCUT2D eigenvalue weighted by Gasteiger charge is 2.08. The number of carbonyl (C=O) groups is 2.